The molecular weight excluding hydrogens is 232 g/mol. The molecule has 1 aromatic rings. The number of ketones is 1. The summed E-state index contributed by atoms with van der Waals surface area (Å²) in [4.78, 5) is 11.4. The number of Topliss-reactive ketones (excluding diaryl/α,β-unsaturated/α-hetero) is 1. The predicted molar refractivity (Wildman–Crippen MR) is 69.4 cm³/mol. The van der Waals surface area contributed by atoms with E-state index in [4.69, 9.17) is 14.6 Å². The van der Waals surface area contributed by atoms with E-state index >= 15 is 0 Å². The second-order valence-corrected chi connectivity index (χ2v) is 3.94. The minimum atomic E-state index is -0.498. The molecule has 0 radical (unpaired) electrons. The van der Waals surface area contributed by atoms with E-state index in [1.54, 1.807) is 18.2 Å². The zero-order chi connectivity index (χ0) is 13.4. The molecule has 0 saturated carbocycles. The molecule has 4 nitrogen and oxygen atoms in total. The van der Waals surface area contributed by atoms with Gasteiger partial charge in [0.15, 0.2) is 17.3 Å². The fourth-order valence-electron chi connectivity index (χ4n) is 1.43. The number of carbonyl (C=O) groups excluding carboxylic acids is 1. The zero-order valence-electron chi connectivity index (χ0n) is 10.9. The van der Waals surface area contributed by atoms with Gasteiger partial charge in [-0.3, -0.25) is 4.79 Å². The van der Waals surface area contributed by atoms with Crippen molar-refractivity contribution < 1.29 is 19.4 Å². The van der Waals surface area contributed by atoms with Crippen molar-refractivity contribution in [2.24, 2.45) is 0 Å². The van der Waals surface area contributed by atoms with E-state index in [1.165, 1.54) is 0 Å². The number of rotatable bonds is 8. The van der Waals surface area contributed by atoms with Gasteiger partial charge in [-0.1, -0.05) is 13.8 Å². The van der Waals surface area contributed by atoms with Gasteiger partial charge in [0, 0.05) is 5.56 Å². The van der Waals surface area contributed by atoms with Crippen LogP contribution < -0.4 is 9.47 Å². The lowest BCUT2D eigenvalue weighted by Crippen LogP contribution is -2.06. The number of hydrogen-bond acceptors (Lipinski definition) is 4. The molecule has 0 aliphatic rings. The van der Waals surface area contributed by atoms with Gasteiger partial charge in [0.25, 0.3) is 0 Å². The number of hydrogen-bond donors (Lipinski definition) is 1. The van der Waals surface area contributed by atoms with E-state index in [0.717, 1.165) is 12.8 Å². The summed E-state index contributed by atoms with van der Waals surface area (Å²) in [5, 5.41) is 8.84. The van der Waals surface area contributed by atoms with Gasteiger partial charge >= 0.3 is 0 Å². The Kier molecular flexibility index (Phi) is 6.22. The largest absolute Gasteiger partial charge is 0.490 e. The Hall–Kier alpha value is -1.55. The molecule has 100 valence electrons. The molecule has 0 unspecified atom stereocenters. The Morgan fingerprint density at radius 3 is 2.28 bits per heavy atom. The first kappa shape index (κ1) is 14.5. The van der Waals surface area contributed by atoms with Crippen LogP contribution in [0.25, 0.3) is 0 Å². The standard InChI is InChI=1S/C14H20O4/c1-3-7-17-13-6-5-11(12(16)10-15)9-14(13)18-8-4-2/h5-6,9,15H,3-4,7-8,10H2,1-2H3. The molecule has 0 heterocycles. The monoisotopic (exact) mass is 252 g/mol. The van der Waals surface area contributed by atoms with Crippen LogP contribution in [-0.2, 0) is 0 Å². The van der Waals surface area contributed by atoms with Gasteiger partial charge in [-0.15, -0.1) is 0 Å². The third-order valence-corrected chi connectivity index (χ3v) is 2.33. The van der Waals surface area contributed by atoms with Gasteiger partial charge in [0.1, 0.15) is 6.61 Å². The lowest BCUT2D eigenvalue weighted by molar-refractivity contribution is 0.0903. The van der Waals surface area contributed by atoms with Crippen molar-refractivity contribution in [1.82, 2.24) is 0 Å². The Morgan fingerprint density at radius 1 is 1.11 bits per heavy atom. The molecule has 1 N–H and O–H groups in total. The van der Waals surface area contributed by atoms with Crippen molar-refractivity contribution in [2.75, 3.05) is 19.8 Å². The molecule has 0 saturated heterocycles. The SMILES string of the molecule is CCCOc1ccc(C(=O)CO)cc1OCCC. The van der Waals surface area contributed by atoms with E-state index in [9.17, 15) is 4.79 Å². The number of ether oxygens (including phenoxy) is 2. The maximum Gasteiger partial charge on any atom is 0.188 e. The minimum Gasteiger partial charge on any atom is -0.490 e. The van der Waals surface area contributed by atoms with Crippen LogP contribution >= 0.6 is 0 Å². The molecule has 0 aliphatic heterocycles. The van der Waals surface area contributed by atoms with Crippen molar-refractivity contribution in [3.05, 3.63) is 23.8 Å². The molecule has 4 heteroatoms. The van der Waals surface area contributed by atoms with Crippen LogP contribution in [0.15, 0.2) is 18.2 Å². The summed E-state index contributed by atoms with van der Waals surface area (Å²) in [5.41, 5.74) is 0.437. The fourth-order valence-corrected chi connectivity index (χ4v) is 1.43. The van der Waals surface area contributed by atoms with Crippen molar-refractivity contribution in [3.8, 4) is 11.5 Å². The van der Waals surface area contributed by atoms with E-state index in [2.05, 4.69) is 0 Å². The van der Waals surface area contributed by atoms with Crippen molar-refractivity contribution in [1.29, 1.82) is 0 Å². The Balaban J connectivity index is 2.92. The first-order chi connectivity index (χ1) is 8.72. The molecular formula is C14H20O4. The average molecular weight is 252 g/mol. The van der Waals surface area contributed by atoms with E-state index in [1.807, 2.05) is 13.8 Å². The van der Waals surface area contributed by atoms with Gasteiger partial charge in [0.05, 0.1) is 13.2 Å². The maximum absolute atomic E-state index is 11.4. The summed E-state index contributed by atoms with van der Waals surface area (Å²) in [6.07, 6.45) is 1.79. The van der Waals surface area contributed by atoms with Gasteiger partial charge < -0.3 is 14.6 Å². The lowest BCUT2D eigenvalue weighted by atomic mass is 10.1. The van der Waals surface area contributed by atoms with Crippen LogP contribution in [0.4, 0.5) is 0 Å². The van der Waals surface area contributed by atoms with Crippen LogP contribution in [0, 0.1) is 0 Å². The molecule has 1 aromatic carbocycles. The van der Waals surface area contributed by atoms with E-state index in [0.29, 0.717) is 30.3 Å². The summed E-state index contributed by atoms with van der Waals surface area (Å²) < 4.78 is 11.1. The molecule has 1 rings (SSSR count). The van der Waals surface area contributed by atoms with Crippen molar-refractivity contribution >= 4 is 5.78 Å². The highest BCUT2D eigenvalue weighted by Crippen LogP contribution is 2.29. The van der Waals surface area contributed by atoms with Gasteiger partial charge in [-0.05, 0) is 31.0 Å². The van der Waals surface area contributed by atoms with E-state index < -0.39 is 6.61 Å². The van der Waals surface area contributed by atoms with Gasteiger partial charge in [0.2, 0.25) is 0 Å². The third-order valence-electron chi connectivity index (χ3n) is 2.33. The van der Waals surface area contributed by atoms with Gasteiger partial charge in [-0.2, -0.15) is 0 Å². The minimum absolute atomic E-state index is 0.321. The van der Waals surface area contributed by atoms with Crippen LogP contribution in [0.1, 0.15) is 37.0 Å². The van der Waals surface area contributed by atoms with Crippen LogP contribution in [0.3, 0.4) is 0 Å². The second-order valence-electron chi connectivity index (χ2n) is 3.94. The Morgan fingerprint density at radius 2 is 1.72 bits per heavy atom. The number of aliphatic hydroxyl groups is 1. The smallest absolute Gasteiger partial charge is 0.188 e. The summed E-state index contributed by atoms with van der Waals surface area (Å²) in [6.45, 7) is 4.71. The van der Waals surface area contributed by atoms with Crippen molar-refractivity contribution in [2.45, 2.75) is 26.7 Å². The van der Waals surface area contributed by atoms with Crippen LogP contribution in [0.5, 0.6) is 11.5 Å². The zero-order valence-corrected chi connectivity index (χ0v) is 10.9. The molecule has 0 aromatic heterocycles. The molecule has 0 bridgehead atoms. The molecule has 0 aliphatic carbocycles. The van der Waals surface area contributed by atoms with Crippen molar-refractivity contribution in [3.63, 3.8) is 0 Å². The molecule has 18 heavy (non-hydrogen) atoms. The molecule has 0 fully saturated rings. The predicted octanol–water partition coefficient (Wildman–Crippen LogP) is 2.44. The maximum atomic E-state index is 11.4. The fraction of sp³-hybridized carbons (Fsp3) is 0.500. The van der Waals surface area contributed by atoms with Gasteiger partial charge in [-0.25, -0.2) is 0 Å². The normalized spacial score (nSPS) is 10.2. The summed E-state index contributed by atoms with van der Waals surface area (Å²) in [7, 11) is 0. The quantitative estimate of drug-likeness (QED) is 0.722. The first-order valence-electron chi connectivity index (χ1n) is 6.26. The number of carbonyl (C=O) groups is 1. The second kappa shape index (κ2) is 7.71. The van der Waals surface area contributed by atoms with Crippen LogP contribution in [-0.4, -0.2) is 30.7 Å². The summed E-state index contributed by atoms with van der Waals surface area (Å²) >= 11 is 0. The number of aliphatic hydroxyl groups excluding tert-OH is 1. The molecule has 0 amide bonds. The van der Waals surface area contributed by atoms with E-state index in [-0.39, 0.29) is 5.78 Å². The topological polar surface area (TPSA) is 55.8 Å². The third kappa shape index (κ3) is 4.04. The Labute approximate surface area is 108 Å². The highest BCUT2D eigenvalue weighted by molar-refractivity contribution is 5.97. The van der Waals surface area contributed by atoms with Crippen LogP contribution in [0.2, 0.25) is 0 Å². The number of benzene rings is 1. The first-order valence-corrected chi connectivity index (χ1v) is 6.26. The molecule has 0 spiro atoms. The molecule has 0 atom stereocenters. The lowest BCUT2D eigenvalue weighted by Gasteiger charge is -2.13. The summed E-state index contributed by atoms with van der Waals surface area (Å²) in [5.74, 6) is 0.878. The highest BCUT2D eigenvalue weighted by atomic mass is 16.5. The highest BCUT2D eigenvalue weighted by Gasteiger charge is 2.10. The summed E-state index contributed by atoms with van der Waals surface area (Å²) in [6, 6.07) is 4.98. The Bertz CT molecular complexity index is 387. The average Bonchev–Trinajstić information content (AvgIpc) is 2.42.